The van der Waals surface area contributed by atoms with Crippen molar-refractivity contribution in [3.05, 3.63) is 0 Å². The molecule has 6 saturated heterocycles. The molecular weight excluding hydrogens is 916 g/mol. The van der Waals surface area contributed by atoms with Crippen molar-refractivity contribution in [3.63, 3.8) is 0 Å². The zero-order valence-electron chi connectivity index (χ0n) is 35.9. The largest absolute Gasteiger partial charge is 0.394 e. The van der Waals surface area contributed by atoms with E-state index in [-0.39, 0.29) is 0 Å². The van der Waals surface area contributed by atoms with Crippen molar-refractivity contribution in [2.24, 2.45) is 0 Å². The summed E-state index contributed by atoms with van der Waals surface area (Å²) in [6.45, 7) is -0.392. The highest BCUT2D eigenvalue weighted by molar-refractivity contribution is 5.24. The lowest BCUT2D eigenvalue weighted by Gasteiger charge is -2.49. The topological polar surface area (TPSA) is 478 Å². The molecule has 0 bridgehead atoms. The van der Waals surface area contributed by atoms with E-state index in [1.165, 1.54) is 13.8 Å². The third-order valence-corrected chi connectivity index (χ3v) is 14.7. The fourth-order valence-corrected chi connectivity index (χ4v) is 10.6. The second kappa shape index (κ2) is 19.7. The minimum absolute atomic E-state index is 0.692. The molecule has 29 heteroatoms. The number of fused-ring (bicyclic) bond motifs is 2. The van der Waals surface area contributed by atoms with Crippen molar-refractivity contribution in [1.29, 1.82) is 0 Å². The first-order valence-corrected chi connectivity index (χ1v) is 22.0. The van der Waals surface area contributed by atoms with Gasteiger partial charge in [-0.15, -0.1) is 0 Å². The molecule has 20 N–H and O–H groups in total. The van der Waals surface area contributed by atoms with Gasteiger partial charge < -0.3 is 145 Å². The molecular formula is C38H64N2O27. The summed E-state index contributed by atoms with van der Waals surface area (Å²) in [5, 5.41) is 198. The average molecular weight is 981 g/mol. The van der Waals surface area contributed by atoms with Gasteiger partial charge in [-0.05, 0) is 13.8 Å². The number of nitrogens with one attached hydrogen (secondary N) is 2. The molecule has 0 radical (unpaired) electrons. The average Bonchev–Trinajstić information content (AvgIpc) is 4.24. The van der Waals surface area contributed by atoms with Gasteiger partial charge in [0.05, 0.1) is 62.8 Å². The lowest BCUT2D eigenvalue weighted by Crippen LogP contribution is -2.71. The van der Waals surface area contributed by atoms with Crippen LogP contribution in [0.4, 0.5) is 0 Å². The number of epoxide rings is 2. The Morgan fingerprint density at radius 3 is 1.31 bits per heavy atom. The highest BCUT2D eigenvalue weighted by Gasteiger charge is 2.74. The van der Waals surface area contributed by atoms with Crippen LogP contribution in [0.25, 0.3) is 0 Å². The Labute approximate surface area is 380 Å². The monoisotopic (exact) mass is 980 g/mol. The van der Waals surface area contributed by atoms with Gasteiger partial charge in [-0.25, -0.2) is 0 Å². The molecule has 0 aromatic heterocycles. The van der Waals surface area contributed by atoms with Crippen molar-refractivity contribution < 1.29 is 135 Å². The van der Waals surface area contributed by atoms with Gasteiger partial charge in [-0.2, -0.15) is 0 Å². The number of hydrogen-bond acceptors (Lipinski definition) is 29. The maximum atomic E-state index is 11.4. The zero-order valence-corrected chi connectivity index (χ0v) is 35.9. The number of aliphatic hydroxyl groups excluding tert-OH is 18. The highest BCUT2D eigenvalue weighted by Crippen LogP contribution is 2.51. The Balaban J connectivity index is 0.881. The van der Waals surface area contributed by atoms with Crippen LogP contribution in [0.1, 0.15) is 13.8 Å². The molecule has 6 aliphatic heterocycles. The predicted octanol–water partition coefficient (Wildman–Crippen LogP) is -13.3. The Morgan fingerprint density at radius 2 is 0.821 bits per heavy atom. The fourth-order valence-electron chi connectivity index (χ4n) is 10.6. The Hall–Kier alpha value is -1.16. The highest BCUT2D eigenvalue weighted by atomic mass is 16.8. The summed E-state index contributed by atoms with van der Waals surface area (Å²) in [5.41, 5.74) is -3.39. The lowest BCUT2D eigenvalue weighted by atomic mass is 9.78. The maximum absolute atomic E-state index is 11.4. The summed E-state index contributed by atoms with van der Waals surface area (Å²) in [7, 11) is 0. The molecule has 2 aliphatic carbocycles. The van der Waals surface area contributed by atoms with E-state index in [1.54, 1.807) is 0 Å². The minimum Gasteiger partial charge on any atom is -0.394 e. The van der Waals surface area contributed by atoms with E-state index in [9.17, 15) is 91.9 Å². The van der Waals surface area contributed by atoms with Crippen LogP contribution in [0, 0.1) is 0 Å². The summed E-state index contributed by atoms with van der Waals surface area (Å²) >= 11 is 0. The van der Waals surface area contributed by atoms with Crippen LogP contribution >= 0.6 is 0 Å². The van der Waals surface area contributed by atoms with Crippen molar-refractivity contribution >= 4 is 0 Å². The van der Waals surface area contributed by atoms with Crippen molar-refractivity contribution in [1.82, 2.24) is 10.6 Å². The van der Waals surface area contributed by atoms with E-state index in [0.717, 1.165) is 0 Å². The molecule has 32 atom stereocenters. The molecule has 8 rings (SSSR count). The summed E-state index contributed by atoms with van der Waals surface area (Å²) in [4.78, 5) is 0. The standard InChI is InChI=1S/C38H64N2O27/c1-7-11(39-13-17(47)21(51)29(57)37(5-43)30(13)66-37)15(45)25(55)35(60-7)64-28-10(4-42)62-36(26(56)20(28)50)65-32-22(52)18(48)14(31-38(32,6-44)67-31)40-12-8(2)59-34(24(54)16(12)46)63-27-9(3-41)61-33(58)23(53)19(27)49/h7-36,39-58H,3-6H2,1-2H3/t7-,8-,9-,10-,11-,12-,13-,14-,15+,16+,17+,18+,19-,20-,21-,22-,23-,24-,25-,26-,27-,28-,29+,30-,31-,32+,33+,34-,35-,36-,37+,38-/m1/s1. The van der Waals surface area contributed by atoms with Gasteiger partial charge in [-0.3, -0.25) is 0 Å². The van der Waals surface area contributed by atoms with Crippen LogP contribution < -0.4 is 10.6 Å². The molecule has 0 unspecified atom stereocenters. The molecule has 0 aromatic rings. The van der Waals surface area contributed by atoms with Gasteiger partial charge in [0, 0.05) is 0 Å². The van der Waals surface area contributed by atoms with Gasteiger partial charge in [0.2, 0.25) is 0 Å². The molecule has 2 saturated carbocycles. The van der Waals surface area contributed by atoms with Crippen LogP contribution in [-0.2, 0) is 42.6 Å². The van der Waals surface area contributed by atoms with Crippen molar-refractivity contribution in [3.8, 4) is 0 Å². The second-order valence-electron chi connectivity index (χ2n) is 18.7. The molecule has 0 spiro atoms. The molecule has 8 aliphatic rings. The van der Waals surface area contributed by atoms with E-state index in [2.05, 4.69) is 10.6 Å². The summed E-state index contributed by atoms with van der Waals surface area (Å²) in [6.07, 6.45) is -43.3. The second-order valence-corrected chi connectivity index (χ2v) is 18.7. The van der Waals surface area contributed by atoms with E-state index in [1.807, 2.05) is 0 Å². The quantitative estimate of drug-likeness (QED) is 0.0719. The first kappa shape index (κ1) is 52.2. The molecule has 8 fully saturated rings. The van der Waals surface area contributed by atoms with Gasteiger partial charge in [-0.1, -0.05) is 0 Å². The van der Waals surface area contributed by atoms with Gasteiger partial charge in [0.15, 0.2) is 25.2 Å². The molecule has 388 valence electrons. The van der Waals surface area contributed by atoms with Crippen LogP contribution in [0.3, 0.4) is 0 Å². The van der Waals surface area contributed by atoms with Crippen molar-refractivity contribution in [2.45, 2.75) is 209 Å². The van der Waals surface area contributed by atoms with Crippen LogP contribution in [0.5, 0.6) is 0 Å². The lowest BCUT2D eigenvalue weighted by molar-refractivity contribution is -0.361. The first-order chi connectivity index (χ1) is 31.6. The van der Waals surface area contributed by atoms with E-state index >= 15 is 0 Å². The van der Waals surface area contributed by atoms with Crippen LogP contribution in [-0.4, -0.2) is 313 Å². The molecule has 0 amide bonds. The van der Waals surface area contributed by atoms with E-state index in [4.69, 9.17) is 42.6 Å². The summed E-state index contributed by atoms with van der Waals surface area (Å²) in [6, 6.07) is -4.90. The third kappa shape index (κ3) is 8.77. The molecule has 29 nitrogen and oxygen atoms in total. The SMILES string of the molecule is C[C@H]1O[C@H](O[C@H]2[C@H](O)[C@@H](O)[C@@H](O)O[C@@H]2CO)[C@H](O)[C@@H](O)[C@@H]1N[C@@H]1[C@H](O)[C@@H](O)[C@H](O[C@H]2O[C@H](CO)[C@@H](O[C@H]3O[C@H](C)[C@@H](N[C@@H]4[C@H](O)[C@@H](O)[C@H](O)[C@]5(CO)O[C@H]45)[C@H](O)[C@H]3O)[C@H](O)[C@H]2O)[C@]2(CO)O[C@H]12. The zero-order chi connectivity index (χ0) is 48.9. The normalized spacial score (nSPS) is 58.7. The van der Waals surface area contributed by atoms with Gasteiger partial charge in [0.1, 0.15) is 133 Å². The minimum atomic E-state index is -2.06. The number of aliphatic hydroxyl groups is 18. The number of ether oxygens (including phenoxy) is 9. The van der Waals surface area contributed by atoms with Crippen molar-refractivity contribution in [2.75, 3.05) is 26.4 Å². The van der Waals surface area contributed by atoms with Crippen LogP contribution in [0.15, 0.2) is 0 Å². The third-order valence-electron chi connectivity index (χ3n) is 14.7. The molecule has 67 heavy (non-hydrogen) atoms. The Bertz CT molecular complexity index is 1680. The molecule has 6 heterocycles. The Kier molecular flexibility index (Phi) is 15.3. The smallest absolute Gasteiger partial charge is 0.187 e. The fraction of sp³-hybridized carbons (Fsp3) is 1.00. The van der Waals surface area contributed by atoms with Gasteiger partial charge in [0.25, 0.3) is 0 Å². The van der Waals surface area contributed by atoms with Gasteiger partial charge >= 0.3 is 0 Å². The summed E-state index contributed by atoms with van der Waals surface area (Å²) < 4.78 is 51.0. The van der Waals surface area contributed by atoms with E-state index < -0.39 is 221 Å². The predicted molar refractivity (Wildman–Crippen MR) is 206 cm³/mol. The van der Waals surface area contributed by atoms with Crippen LogP contribution in [0.2, 0.25) is 0 Å². The Morgan fingerprint density at radius 1 is 0.418 bits per heavy atom. The number of rotatable bonds is 14. The maximum Gasteiger partial charge on any atom is 0.187 e. The molecule has 0 aromatic carbocycles. The number of hydrogen-bond donors (Lipinski definition) is 20. The summed E-state index contributed by atoms with van der Waals surface area (Å²) in [5.74, 6) is 0. The van der Waals surface area contributed by atoms with E-state index in [0.29, 0.717) is 0 Å². The first-order valence-electron chi connectivity index (χ1n) is 22.0.